The average molecular weight is 605 g/mol. The molecule has 4 fully saturated rings. The molecule has 0 aromatic carbocycles. The predicted octanol–water partition coefficient (Wildman–Crippen LogP) is 3.56. The van der Waals surface area contributed by atoms with Crippen molar-refractivity contribution >= 4 is 39.4 Å². The number of ether oxygens (including phenoxy) is 2. The maximum Gasteiger partial charge on any atom is 0.465 e. The van der Waals surface area contributed by atoms with Crippen molar-refractivity contribution in [3.05, 3.63) is 0 Å². The maximum atomic E-state index is 13.8. The lowest BCUT2D eigenvalue weighted by Crippen LogP contribution is -2.60. The summed E-state index contributed by atoms with van der Waals surface area (Å²) in [5, 5.41) is -5.13. The van der Waals surface area contributed by atoms with Gasteiger partial charge in [-0.15, -0.1) is 0 Å². The number of hydrogen-bond acceptors (Lipinski definition) is 9. The van der Waals surface area contributed by atoms with E-state index in [0.29, 0.717) is 38.5 Å². The molecule has 1 N–H and O–H groups in total. The first-order valence-electron chi connectivity index (χ1n) is 14.2. The Kier molecular flexibility index (Phi) is 8.56. The van der Waals surface area contributed by atoms with Crippen molar-refractivity contribution in [2.45, 2.75) is 83.8 Å². The number of carbonyl (C=O) groups excluding carboxylic acids is 5. The first-order chi connectivity index (χ1) is 18.9. The fraction of sp³-hybridized carbons (Fsp3) is 0.821. The highest BCUT2D eigenvalue weighted by Gasteiger charge is 2.66. The van der Waals surface area contributed by atoms with E-state index in [2.05, 4.69) is 11.7 Å². The van der Waals surface area contributed by atoms with E-state index in [1.807, 2.05) is 13.8 Å². The van der Waals surface area contributed by atoms with Crippen LogP contribution in [-0.4, -0.2) is 60.7 Å². The Morgan fingerprint density at radius 1 is 1.05 bits per heavy atom. The third-order valence-electron chi connectivity index (χ3n) is 10.8. The third kappa shape index (κ3) is 5.48. The molecule has 0 aromatic heterocycles. The maximum absolute atomic E-state index is 13.8. The molecule has 0 bridgehead atoms. The summed E-state index contributed by atoms with van der Waals surface area (Å²) in [6.45, 7) is 4.67. The molecule has 4 aliphatic carbocycles. The number of alkyl halides is 2. The zero-order valence-corrected chi connectivity index (χ0v) is 24.3. The molecule has 4 saturated carbocycles. The summed E-state index contributed by atoms with van der Waals surface area (Å²) in [4.78, 5) is 62.9. The van der Waals surface area contributed by atoms with Crippen LogP contribution >= 0.6 is 0 Å². The van der Waals surface area contributed by atoms with Crippen LogP contribution in [0.1, 0.15) is 78.6 Å². The van der Waals surface area contributed by atoms with Gasteiger partial charge in [0.15, 0.2) is 0 Å². The molecule has 0 aromatic rings. The lowest BCUT2D eigenvalue weighted by Gasteiger charge is -2.58. The van der Waals surface area contributed by atoms with E-state index in [0.717, 1.165) is 12.8 Å². The number of ketones is 3. The highest BCUT2D eigenvalue weighted by Crippen LogP contribution is 2.66. The number of fused-ring (bicyclic) bond motifs is 5. The van der Waals surface area contributed by atoms with Gasteiger partial charge in [0.25, 0.3) is 0 Å². The molecule has 0 saturated heterocycles. The highest BCUT2D eigenvalue weighted by molar-refractivity contribution is 7.87. The first kappa shape index (κ1) is 31.7. The molecule has 4 aliphatic rings. The van der Waals surface area contributed by atoms with Crippen LogP contribution in [-0.2, 0) is 43.6 Å². The summed E-state index contributed by atoms with van der Waals surface area (Å²) in [5.41, 5.74) is -0.895. The highest BCUT2D eigenvalue weighted by atomic mass is 32.2. The van der Waals surface area contributed by atoms with Crippen LogP contribution in [0.4, 0.5) is 8.78 Å². The largest absolute Gasteiger partial charge is 0.465 e. The fourth-order valence-corrected chi connectivity index (χ4v) is 8.76. The number of Topliss-reactive ketones (excluding diaryl/α,β-unsaturated/α-hetero) is 3. The number of hydrogen-bond donors (Lipinski definition) is 1. The van der Waals surface area contributed by atoms with Gasteiger partial charge < -0.3 is 9.47 Å². The van der Waals surface area contributed by atoms with Crippen molar-refractivity contribution < 1.29 is 55.2 Å². The van der Waals surface area contributed by atoms with Gasteiger partial charge in [0.1, 0.15) is 30.6 Å². The van der Waals surface area contributed by atoms with Gasteiger partial charge in [0.05, 0.1) is 0 Å². The SMILES string of the molecule is C[C@H](CCC(=O)OCCOC(=O)C(F)(F)S(=O)(=O)O)[C@H]1CCC2C3C(=O)CC4CC(=O)CC[C@]4(C)C3CC(=O)[C@@]21C. The third-order valence-corrected chi connectivity index (χ3v) is 11.7. The molecule has 8 atom stereocenters. The lowest BCUT2D eigenvalue weighted by molar-refractivity contribution is -0.167. The summed E-state index contributed by atoms with van der Waals surface area (Å²) in [7, 11) is -5.99. The molecule has 10 nitrogen and oxygen atoms in total. The number of esters is 2. The smallest absolute Gasteiger partial charge is 0.462 e. The van der Waals surface area contributed by atoms with Crippen molar-refractivity contribution in [3.8, 4) is 0 Å². The fourth-order valence-electron chi connectivity index (χ4n) is 8.49. The van der Waals surface area contributed by atoms with Crippen LogP contribution in [0.25, 0.3) is 0 Å². The Labute approximate surface area is 238 Å². The van der Waals surface area contributed by atoms with Crippen molar-refractivity contribution in [2.75, 3.05) is 13.2 Å². The number of halogens is 2. The van der Waals surface area contributed by atoms with Crippen LogP contribution in [0.5, 0.6) is 0 Å². The van der Waals surface area contributed by atoms with E-state index < -0.39 is 45.9 Å². The summed E-state index contributed by atoms with van der Waals surface area (Å²) >= 11 is 0. The molecule has 0 radical (unpaired) electrons. The minimum absolute atomic E-state index is 0.000445. The van der Waals surface area contributed by atoms with Crippen LogP contribution in [0.3, 0.4) is 0 Å². The zero-order valence-electron chi connectivity index (χ0n) is 23.5. The topological polar surface area (TPSA) is 158 Å². The van der Waals surface area contributed by atoms with Gasteiger partial charge in [-0.25, -0.2) is 4.79 Å². The van der Waals surface area contributed by atoms with Gasteiger partial charge in [0.2, 0.25) is 0 Å². The molecule has 0 spiro atoms. The van der Waals surface area contributed by atoms with Crippen molar-refractivity contribution in [3.63, 3.8) is 0 Å². The standard InChI is InChI=1S/C28H38F2O10S/c1-15(4-7-23(34)39-10-11-40-25(35)28(29,30)41(36,37)38)18-5-6-19-24-20(14-22(33)27(18,19)3)26(2)9-8-17(31)12-16(26)13-21(24)32/h15-16,18-20,24H,4-14H2,1-3H3,(H,36,37,38)/t15-,16?,18-,19?,20?,24?,26+,27-/m1/s1. The molecule has 41 heavy (non-hydrogen) atoms. The lowest BCUT2D eigenvalue weighted by atomic mass is 9.44. The van der Waals surface area contributed by atoms with Gasteiger partial charge in [0, 0.05) is 43.4 Å². The Morgan fingerprint density at radius 2 is 1.71 bits per heavy atom. The van der Waals surface area contributed by atoms with E-state index in [9.17, 15) is 41.2 Å². The molecule has 4 rings (SSSR count). The quantitative estimate of drug-likeness (QED) is 0.234. The van der Waals surface area contributed by atoms with E-state index >= 15 is 0 Å². The van der Waals surface area contributed by atoms with Crippen LogP contribution < -0.4 is 0 Å². The molecule has 0 amide bonds. The van der Waals surface area contributed by atoms with Gasteiger partial charge in [-0.2, -0.15) is 17.2 Å². The summed E-state index contributed by atoms with van der Waals surface area (Å²) < 4.78 is 64.9. The normalized spacial score (nSPS) is 36.1. The molecular weight excluding hydrogens is 566 g/mol. The Hall–Kier alpha value is -2.28. The Bertz CT molecular complexity index is 1230. The average Bonchev–Trinajstić information content (AvgIpc) is 3.24. The molecular formula is C28H38F2O10S. The second-order valence-corrected chi connectivity index (χ2v) is 14.3. The predicted molar refractivity (Wildman–Crippen MR) is 138 cm³/mol. The second kappa shape index (κ2) is 11.1. The minimum atomic E-state index is -5.99. The van der Waals surface area contributed by atoms with Gasteiger partial charge in [-0.05, 0) is 60.7 Å². The van der Waals surface area contributed by atoms with Crippen LogP contribution in [0.2, 0.25) is 0 Å². The van der Waals surface area contributed by atoms with E-state index in [4.69, 9.17) is 9.29 Å². The summed E-state index contributed by atoms with van der Waals surface area (Å²) in [5.74, 6) is -3.08. The minimum Gasteiger partial charge on any atom is -0.462 e. The molecule has 230 valence electrons. The summed E-state index contributed by atoms with van der Waals surface area (Å²) in [6.07, 6.45) is 4.16. The van der Waals surface area contributed by atoms with Gasteiger partial charge >= 0.3 is 27.3 Å². The zero-order chi connectivity index (χ0) is 30.5. The van der Waals surface area contributed by atoms with Crippen molar-refractivity contribution in [1.82, 2.24) is 0 Å². The number of carbonyl (C=O) groups is 5. The van der Waals surface area contributed by atoms with Crippen LogP contribution in [0.15, 0.2) is 0 Å². The molecule has 4 unspecified atom stereocenters. The van der Waals surface area contributed by atoms with E-state index in [-0.39, 0.29) is 64.7 Å². The molecule has 13 heteroatoms. The van der Waals surface area contributed by atoms with Crippen molar-refractivity contribution in [2.24, 2.45) is 46.3 Å². The second-order valence-electron chi connectivity index (χ2n) is 12.8. The molecule has 0 aliphatic heterocycles. The van der Waals surface area contributed by atoms with Crippen LogP contribution in [0, 0.1) is 46.3 Å². The van der Waals surface area contributed by atoms with Crippen molar-refractivity contribution in [1.29, 1.82) is 0 Å². The van der Waals surface area contributed by atoms with E-state index in [1.165, 1.54) is 0 Å². The monoisotopic (exact) mass is 604 g/mol. The summed E-state index contributed by atoms with van der Waals surface area (Å²) in [6, 6.07) is 0. The van der Waals surface area contributed by atoms with Gasteiger partial charge in [-0.3, -0.25) is 23.7 Å². The molecule has 0 heterocycles. The number of rotatable bonds is 9. The van der Waals surface area contributed by atoms with Gasteiger partial charge in [-0.1, -0.05) is 20.8 Å². The Balaban J connectivity index is 1.32. The Morgan fingerprint density at radius 3 is 2.37 bits per heavy atom. The first-order valence-corrected chi connectivity index (χ1v) is 15.6. The van der Waals surface area contributed by atoms with E-state index in [1.54, 1.807) is 0 Å².